The molecule has 5 nitrogen and oxygen atoms in total. The fourth-order valence-electron chi connectivity index (χ4n) is 7.39. The number of nitrogens with one attached hydrogen (secondary N) is 2. The standard InChI is InChI=1S/C47H34N4O/c48-29-30-15-17-33(18-16-30)38-12-6-13-42-43-28-35(23-26-44(43)52-45(38)42)37-25-24-36(40-10-4-5-11-41(37)40)32-19-21-34(22-20-32)46(49)51-47-39(14-7-27-50-47)31-8-2-1-3-9-31/h1-28,46-47,50-51H,49H2. The van der Waals surface area contributed by atoms with Gasteiger partial charge >= 0.3 is 0 Å². The van der Waals surface area contributed by atoms with Gasteiger partial charge in [-0.25, -0.2) is 0 Å². The van der Waals surface area contributed by atoms with Gasteiger partial charge in [0.1, 0.15) is 17.3 Å². The van der Waals surface area contributed by atoms with Crippen LogP contribution in [0, 0.1) is 11.3 Å². The summed E-state index contributed by atoms with van der Waals surface area (Å²) in [7, 11) is 0. The second-order valence-corrected chi connectivity index (χ2v) is 13.1. The third kappa shape index (κ3) is 5.63. The number of hydrogen-bond donors (Lipinski definition) is 3. The first kappa shape index (κ1) is 31.3. The minimum Gasteiger partial charge on any atom is -0.455 e. The molecule has 52 heavy (non-hydrogen) atoms. The van der Waals surface area contributed by atoms with Gasteiger partial charge < -0.3 is 15.5 Å². The van der Waals surface area contributed by atoms with Crippen LogP contribution in [0.5, 0.6) is 0 Å². The molecular weight excluding hydrogens is 637 g/mol. The molecule has 1 aromatic heterocycles. The number of allylic oxidation sites excluding steroid dienone is 2. The predicted octanol–water partition coefficient (Wildman–Crippen LogP) is 10.7. The van der Waals surface area contributed by atoms with Gasteiger partial charge in [-0.15, -0.1) is 0 Å². The summed E-state index contributed by atoms with van der Waals surface area (Å²) >= 11 is 0. The van der Waals surface area contributed by atoms with E-state index in [2.05, 4.69) is 144 Å². The van der Waals surface area contributed by atoms with Gasteiger partial charge in [0.15, 0.2) is 0 Å². The average Bonchev–Trinajstić information content (AvgIpc) is 3.59. The fraction of sp³-hybridized carbons (Fsp3) is 0.0426. The summed E-state index contributed by atoms with van der Waals surface area (Å²) in [5, 5.41) is 20.7. The number of benzene rings is 7. The van der Waals surface area contributed by atoms with Crippen LogP contribution in [0.2, 0.25) is 0 Å². The molecule has 0 amide bonds. The van der Waals surface area contributed by atoms with E-state index in [1.54, 1.807) is 0 Å². The van der Waals surface area contributed by atoms with Gasteiger partial charge in [0.05, 0.1) is 17.8 Å². The molecule has 7 aromatic carbocycles. The zero-order valence-corrected chi connectivity index (χ0v) is 28.3. The van der Waals surface area contributed by atoms with Crippen molar-refractivity contribution in [1.82, 2.24) is 10.6 Å². The first-order valence-electron chi connectivity index (χ1n) is 17.4. The van der Waals surface area contributed by atoms with Crippen molar-refractivity contribution < 1.29 is 4.42 Å². The Hall–Kier alpha value is -6.71. The lowest BCUT2D eigenvalue weighted by Crippen LogP contribution is -2.46. The van der Waals surface area contributed by atoms with Crippen LogP contribution in [0.3, 0.4) is 0 Å². The van der Waals surface area contributed by atoms with Gasteiger partial charge in [-0.05, 0) is 91.8 Å². The van der Waals surface area contributed by atoms with E-state index in [9.17, 15) is 5.26 Å². The third-order valence-electron chi connectivity index (χ3n) is 10.0. The van der Waals surface area contributed by atoms with Crippen LogP contribution in [0.15, 0.2) is 174 Å². The summed E-state index contributed by atoms with van der Waals surface area (Å²) in [5.74, 6) is 0. The van der Waals surface area contributed by atoms with Crippen LogP contribution in [0.1, 0.15) is 22.9 Å². The third-order valence-corrected chi connectivity index (χ3v) is 10.0. The summed E-state index contributed by atoms with van der Waals surface area (Å²) in [5.41, 5.74) is 19.0. The van der Waals surface area contributed by atoms with E-state index in [-0.39, 0.29) is 12.3 Å². The van der Waals surface area contributed by atoms with E-state index in [1.165, 1.54) is 16.3 Å². The van der Waals surface area contributed by atoms with Crippen LogP contribution >= 0.6 is 0 Å². The Morgan fingerprint density at radius 1 is 0.615 bits per heavy atom. The first-order valence-corrected chi connectivity index (χ1v) is 17.4. The minimum atomic E-state index is -0.363. The summed E-state index contributed by atoms with van der Waals surface area (Å²) < 4.78 is 6.46. The number of para-hydroxylation sites is 1. The highest BCUT2D eigenvalue weighted by Gasteiger charge is 2.20. The zero-order valence-electron chi connectivity index (χ0n) is 28.3. The summed E-state index contributed by atoms with van der Waals surface area (Å²) in [6.45, 7) is 0. The van der Waals surface area contributed by atoms with Crippen molar-refractivity contribution in [3.05, 3.63) is 187 Å². The number of dihydropyridines is 1. The molecule has 8 aromatic rings. The number of nitrogens with zero attached hydrogens (tertiary/aromatic N) is 1. The molecule has 1 aliphatic rings. The summed E-state index contributed by atoms with van der Waals surface area (Å²) in [6, 6.07) is 54.5. The molecule has 248 valence electrons. The van der Waals surface area contributed by atoms with Crippen molar-refractivity contribution >= 4 is 38.3 Å². The first-order chi connectivity index (χ1) is 25.6. The molecule has 0 bridgehead atoms. The predicted molar refractivity (Wildman–Crippen MR) is 213 cm³/mol. The zero-order chi connectivity index (χ0) is 35.0. The second kappa shape index (κ2) is 13.2. The van der Waals surface area contributed by atoms with Gasteiger partial charge in [-0.3, -0.25) is 5.32 Å². The smallest absolute Gasteiger partial charge is 0.143 e. The van der Waals surface area contributed by atoms with Crippen molar-refractivity contribution in [1.29, 1.82) is 5.26 Å². The highest BCUT2D eigenvalue weighted by atomic mass is 16.3. The Kier molecular flexibility index (Phi) is 7.94. The van der Waals surface area contributed by atoms with E-state index < -0.39 is 0 Å². The maximum atomic E-state index is 9.26. The van der Waals surface area contributed by atoms with Crippen molar-refractivity contribution in [2.75, 3.05) is 0 Å². The largest absolute Gasteiger partial charge is 0.455 e. The average molecular weight is 671 g/mol. The molecule has 0 saturated carbocycles. The van der Waals surface area contributed by atoms with Crippen molar-refractivity contribution in [3.8, 4) is 39.4 Å². The van der Waals surface area contributed by atoms with Crippen molar-refractivity contribution in [2.24, 2.45) is 5.73 Å². The van der Waals surface area contributed by atoms with Crippen LogP contribution in [-0.2, 0) is 0 Å². The normalized spacial score (nSPS) is 14.6. The van der Waals surface area contributed by atoms with E-state index in [1.807, 2.05) is 42.6 Å². The SMILES string of the molecule is N#Cc1ccc(-c2cccc3c2oc2ccc(-c4ccc(-c5ccc(C(N)NC6NC=CC=C6c6ccccc6)cc5)c5ccccc45)cc23)cc1. The fourth-order valence-corrected chi connectivity index (χ4v) is 7.39. The highest BCUT2D eigenvalue weighted by molar-refractivity contribution is 6.12. The van der Waals surface area contributed by atoms with E-state index in [0.717, 1.165) is 66.5 Å². The van der Waals surface area contributed by atoms with Gasteiger partial charge in [0.2, 0.25) is 0 Å². The maximum absolute atomic E-state index is 9.26. The molecule has 0 aliphatic carbocycles. The number of nitrogens with two attached hydrogens (primary N) is 1. The number of fused-ring (bicyclic) bond motifs is 4. The molecule has 4 N–H and O–H groups in total. The number of hydrogen-bond acceptors (Lipinski definition) is 5. The molecule has 0 fully saturated rings. The van der Waals surface area contributed by atoms with E-state index in [0.29, 0.717) is 5.56 Å². The summed E-state index contributed by atoms with van der Waals surface area (Å²) in [4.78, 5) is 0. The molecule has 5 heteroatoms. The monoisotopic (exact) mass is 670 g/mol. The Morgan fingerprint density at radius 3 is 2.02 bits per heavy atom. The Balaban J connectivity index is 1.02. The molecule has 1 aliphatic heterocycles. The molecular formula is C47H34N4O. The van der Waals surface area contributed by atoms with E-state index >= 15 is 0 Å². The molecule has 0 spiro atoms. The Labute approximate surface area is 302 Å². The van der Waals surface area contributed by atoms with Crippen LogP contribution < -0.4 is 16.4 Å². The Bertz CT molecular complexity index is 2700. The van der Waals surface area contributed by atoms with Gasteiger partial charge in [0, 0.05) is 16.3 Å². The number of rotatable bonds is 7. The lowest BCUT2D eigenvalue weighted by Gasteiger charge is -2.28. The van der Waals surface area contributed by atoms with Crippen LogP contribution in [-0.4, -0.2) is 6.17 Å². The molecule has 0 saturated heterocycles. The number of nitriles is 1. The molecule has 9 rings (SSSR count). The van der Waals surface area contributed by atoms with Crippen molar-refractivity contribution in [3.63, 3.8) is 0 Å². The quantitative estimate of drug-likeness (QED) is 0.147. The van der Waals surface area contributed by atoms with Gasteiger partial charge in [-0.1, -0.05) is 133 Å². The molecule has 2 atom stereocenters. The van der Waals surface area contributed by atoms with Crippen LogP contribution in [0.25, 0.3) is 71.7 Å². The minimum absolute atomic E-state index is 0.109. The van der Waals surface area contributed by atoms with Gasteiger partial charge in [-0.2, -0.15) is 5.26 Å². The topological polar surface area (TPSA) is 87.0 Å². The van der Waals surface area contributed by atoms with Crippen molar-refractivity contribution in [2.45, 2.75) is 12.3 Å². The lowest BCUT2D eigenvalue weighted by molar-refractivity contribution is 0.474. The highest BCUT2D eigenvalue weighted by Crippen LogP contribution is 2.40. The lowest BCUT2D eigenvalue weighted by atomic mass is 9.91. The molecule has 0 radical (unpaired) electrons. The second-order valence-electron chi connectivity index (χ2n) is 13.1. The maximum Gasteiger partial charge on any atom is 0.143 e. The number of furan rings is 1. The van der Waals surface area contributed by atoms with E-state index in [4.69, 9.17) is 10.2 Å². The van der Waals surface area contributed by atoms with Crippen LogP contribution in [0.4, 0.5) is 0 Å². The van der Waals surface area contributed by atoms with Gasteiger partial charge in [0.25, 0.3) is 0 Å². The summed E-state index contributed by atoms with van der Waals surface area (Å²) in [6.07, 6.45) is 5.61. The Morgan fingerprint density at radius 2 is 1.27 bits per heavy atom. The molecule has 2 heterocycles. The molecule has 2 unspecified atom stereocenters.